The molecule has 0 spiro atoms. The fourth-order valence-corrected chi connectivity index (χ4v) is 2.03. The third-order valence-corrected chi connectivity index (χ3v) is 3.28. The summed E-state index contributed by atoms with van der Waals surface area (Å²) in [5.74, 6) is -0.0653. The topological polar surface area (TPSA) is 79.5 Å². The summed E-state index contributed by atoms with van der Waals surface area (Å²) in [6, 6.07) is 0.218. The maximum absolute atomic E-state index is 11.7. The lowest BCUT2D eigenvalue weighted by molar-refractivity contribution is -0.129. The van der Waals surface area contributed by atoms with Gasteiger partial charge < -0.3 is 20.7 Å². The number of amides is 2. The van der Waals surface area contributed by atoms with E-state index in [1.807, 2.05) is 13.8 Å². The van der Waals surface area contributed by atoms with Crippen molar-refractivity contribution >= 4 is 11.8 Å². The van der Waals surface area contributed by atoms with E-state index in [1.54, 1.807) is 7.05 Å². The van der Waals surface area contributed by atoms with Gasteiger partial charge in [-0.1, -0.05) is 0 Å². The van der Waals surface area contributed by atoms with Crippen molar-refractivity contribution in [3.8, 4) is 0 Å². The van der Waals surface area contributed by atoms with Crippen LogP contribution in [-0.2, 0) is 14.3 Å². The molecule has 0 aliphatic carbocycles. The van der Waals surface area contributed by atoms with E-state index in [9.17, 15) is 9.59 Å². The zero-order valence-corrected chi connectivity index (χ0v) is 12.0. The number of carbonyl (C=O) groups is 2. The first-order chi connectivity index (χ1) is 8.95. The van der Waals surface area contributed by atoms with Crippen LogP contribution in [0.25, 0.3) is 0 Å². The maximum atomic E-state index is 11.7. The van der Waals surface area contributed by atoms with Gasteiger partial charge in [-0.3, -0.25) is 9.59 Å². The largest absolute Gasteiger partial charge is 0.381 e. The van der Waals surface area contributed by atoms with Crippen molar-refractivity contribution in [1.29, 1.82) is 0 Å². The minimum absolute atomic E-state index is 0.0281. The molecule has 0 bridgehead atoms. The molecular weight excluding hydrogens is 246 g/mol. The summed E-state index contributed by atoms with van der Waals surface area (Å²) in [7, 11) is 1.61. The summed E-state index contributed by atoms with van der Waals surface area (Å²) in [5, 5.41) is 8.61. The Kier molecular flexibility index (Phi) is 6.24. The van der Waals surface area contributed by atoms with E-state index in [2.05, 4.69) is 16.0 Å². The van der Waals surface area contributed by atoms with Gasteiger partial charge >= 0.3 is 0 Å². The first-order valence-electron chi connectivity index (χ1n) is 6.75. The van der Waals surface area contributed by atoms with Crippen LogP contribution in [-0.4, -0.2) is 51.2 Å². The van der Waals surface area contributed by atoms with Gasteiger partial charge in [0.05, 0.1) is 12.0 Å². The second kappa shape index (κ2) is 7.45. The Balaban J connectivity index is 2.21. The molecule has 1 fully saturated rings. The maximum Gasteiger partial charge on any atom is 0.234 e. The van der Waals surface area contributed by atoms with Gasteiger partial charge in [-0.15, -0.1) is 0 Å². The van der Waals surface area contributed by atoms with Crippen LogP contribution in [0.4, 0.5) is 0 Å². The van der Waals surface area contributed by atoms with E-state index in [1.165, 1.54) is 0 Å². The summed E-state index contributed by atoms with van der Waals surface area (Å²) in [6.45, 7) is 5.81. The van der Waals surface area contributed by atoms with E-state index >= 15 is 0 Å². The monoisotopic (exact) mass is 271 g/mol. The van der Waals surface area contributed by atoms with Gasteiger partial charge in [0, 0.05) is 32.8 Å². The fourth-order valence-electron chi connectivity index (χ4n) is 2.03. The fraction of sp³-hybridized carbons (Fsp3) is 0.846. The molecule has 1 aliphatic rings. The Hall–Kier alpha value is -1.14. The number of carbonyl (C=O) groups excluding carboxylic acids is 2. The van der Waals surface area contributed by atoms with Crippen molar-refractivity contribution in [3.05, 3.63) is 0 Å². The van der Waals surface area contributed by atoms with E-state index in [-0.39, 0.29) is 24.4 Å². The molecule has 0 unspecified atom stereocenters. The van der Waals surface area contributed by atoms with Gasteiger partial charge in [0.2, 0.25) is 11.8 Å². The Labute approximate surface area is 114 Å². The van der Waals surface area contributed by atoms with Crippen molar-refractivity contribution in [1.82, 2.24) is 16.0 Å². The number of hydrogen-bond acceptors (Lipinski definition) is 4. The van der Waals surface area contributed by atoms with Crippen LogP contribution < -0.4 is 16.0 Å². The molecule has 19 heavy (non-hydrogen) atoms. The van der Waals surface area contributed by atoms with Gasteiger partial charge in [-0.05, 0) is 26.7 Å². The molecule has 6 nitrogen and oxygen atoms in total. The van der Waals surface area contributed by atoms with Crippen molar-refractivity contribution < 1.29 is 14.3 Å². The molecule has 1 rings (SSSR count). The summed E-state index contributed by atoms with van der Waals surface area (Å²) in [4.78, 5) is 23.3. The molecule has 1 saturated heterocycles. The van der Waals surface area contributed by atoms with Gasteiger partial charge in [-0.2, -0.15) is 0 Å². The highest BCUT2D eigenvalue weighted by molar-refractivity contribution is 5.82. The molecule has 3 N–H and O–H groups in total. The lowest BCUT2D eigenvalue weighted by Gasteiger charge is -2.25. The third-order valence-electron chi connectivity index (χ3n) is 3.28. The van der Waals surface area contributed by atoms with Crippen LogP contribution in [0, 0.1) is 5.41 Å². The molecule has 6 heteroatoms. The molecule has 0 saturated carbocycles. The minimum atomic E-state index is -0.520. The second-order valence-corrected chi connectivity index (χ2v) is 5.52. The van der Waals surface area contributed by atoms with Gasteiger partial charge in [0.1, 0.15) is 0 Å². The van der Waals surface area contributed by atoms with Gasteiger partial charge in [0.15, 0.2) is 0 Å². The minimum Gasteiger partial charge on any atom is -0.381 e. The highest BCUT2D eigenvalue weighted by Crippen LogP contribution is 2.12. The number of ether oxygens (including phenoxy) is 1. The van der Waals surface area contributed by atoms with Crippen LogP contribution in [0.2, 0.25) is 0 Å². The summed E-state index contributed by atoms with van der Waals surface area (Å²) in [6.07, 6.45) is 1.74. The molecule has 0 aromatic heterocycles. The molecule has 0 aromatic carbocycles. The zero-order valence-electron chi connectivity index (χ0n) is 12.0. The first kappa shape index (κ1) is 15.9. The average molecular weight is 271 g/mol. The highest BCUT2D eigenvalue weighted by atomic mass is 16.5. The Morgan fingerprint density at radius 2 is 1.89 bits per heavy atom. The summed E-state index contributed by atoms with van der Waals surface area (Å²) < 4.78 is 5.23. The van der Waals surface area contributed by atoms with Gasteiger partial charge in [-0.25, -0.2) is 0 Å². The van der Waals surface area contributed by atoms with Crippen LogP contribution >= 0.6 is 0 Å². The van der Waals surface area contributed by atoms with E-state index < -0.39 is 5.41 Å². The molecule has 0 radical (unpaired) electrons. The SMILES string of the molecule is CNC(=O)C(C)(C)CNCC(=O)NC1CCOCC1. The molecule has 110 valence electrons. The van der Waals surface area contributed by atoms with E-state index in [0.29, 0.717) is 19.8 Å². The molecule has 1 aliphatic heterocycles. The second-order valence-electron chi connectivity index (χ2n) is 5.52. The molecule has 0 atom stereocenters. The zero-order chi connectivity index (χ0) is 14.3. The number of nitrogens with one attached hydrogen (secondary N) is 3. The van der Waals surface area contributed by atoms with E-state index in [4.69, 9.17) is 4.74 Å². The van der Waals surface area contributed by atoms with Crippen LogP contribution in [0.5, 0.6) is 0 Å². The molecule has 2 amide bonds. The summed E-state index contributed by atoms with van der Waals surface area (Å²) >= 11 is 0. The summed E-state index contributed by atoms with van der Waals surface area (Å²) in [5.41, 5.74) is -0.520. The predicted molar refractivity (Wildman–Crippen MR) is 72.7 cm³/mol. The normalized spacial score (nSPS) is 17.0. The highest BCUT2D eigenvalue weighted by Gasteiger charge is 2.26. The van der Waals surface area contributed by atoms with Crippen molar-refractivity contribution in [2.75, 3.05) is 33.4 Å². The quantitative estimate of drug-likeness (QED) is 0.616. The van der Waals surface area contributed by atoms with Crippen LogP contribution in [0.15, 0.2) is 0 Å². The lowest BCUT2D eigenvalue weighted by atomic mass is 9.92. The smallest absolute Gasteiger partial charge is 0.234 e. The Morgan fingerprint density at radius 1 is 1.26 bits per heavy atom. The lowest BCUT2D eigenvalue weighted by Crippen LogP contribution is -2.47. The predicted octanol–water partition coefficient (Wildman–Crippen LogP) is -0.357. The molecule has 1 heterocycles. The molecule has 0 aromatic rings. The number of hydrogen-bond donors (Lipinski definition) is 3. The van der Waals surface area contributed by atoms with Gasteiger partial charge in [0.25, 0.3) is 0 Å². The standard InChI is InChI=1S/C13H25N3O3/c1-13(2,12(18)14-3)9-15-8-11(17)16-10-4-6-19-7-5-10/h10,15H,4-9H2,1-3H3,(H,14,18)(H,16,17). The average Bonchev–Trinajstić information content (AvgIpc) is 2.38. The Morgan fingerprint density at radius 3 is 2.47 bits per heavy atom. The van der Waals surface area contributed by atoms with Crippen LogP contribution in [0.1, 0.15) is 26.7 Å². The van der Waals surface area contributed by atoms with Crippen LogP contribution in [0.3, 0.4) is 0 Å². The van der Waals surface area contributed by atoms with E-state index in [0.717, 1.165) is 12.8 Å². The third kappa shape index (κ3) is 5.57. The molecular formula is C13H25N3O3. The number of rotatable bonds is 6. The Bertz CT molecular complexity index is 312. The van der Waals surface area contributed by atoms with Crippen molar-refractivity contribution in [3.63, 3.8) is 0 Å². The van der Waals surface area contributed by atoms with Crippen molar-refractivity contribution in [2.24, 2.45) is 5.41 Å². The van der Waals surface area contributed by atoms with Crippen molar-refractivity contribution in [2.45, 2.75) is 32.7 Å². The first-order valence-corrected chi connectivity index (χ1v) is 6.75.